The van der Waals surface area contributed by atoms with Gasteiger partial charge in [0.1, 0.15) is 11.3 Å². The second-order valence-electron chi connectivity index (χ2n) is 5.24. The van der Waals surface area contributed by atoms with Crippen LogP contribution in [0.5, 0.6) is 5.75 Å². The van der Waals surface area contributed by atoms with Crippen LogP contribution in [0.2, 0.25) is 10.0 Å². The van der Waals surface area contributed by atoms with Crippen LogP contribution in [0.25, 0.3) is 11.8 Å². The first-order valence-electron chi connectivity index (χ1n) is 7.58. The topological polar surface area (TPSA) is 102 Å². The lowest BCUT2D eigenvalue weighted by atomic mass is 10.2. The van der Waals surface area contributed by atoms with Crippen LogP contribution in [0.3, 0.4) is 0 Å². The third-order valence-electron chi connectivity index (χ3n) is 3.56. The highest BCUT2D eigenvalue weighted by Gasteiger charge is 2.14. The van der Waals surface area contributed by atoms with Crippen LogP contribution >= 0.6 is 23.2 Å². The van der Waals surface area contributed by atoms with Gasteiger partial charge in [0, 0.05) is 23.4 Å². The number of carboxylic acid groups (broad SMARTS) is 1. The Hall–Kier alpha value is -3.10. The van der Waals surface area contributed by atoms with E-state index >= 15 is 0 Å². The molecule has 0 unspecified atom stereocenters. The molecule has 0 amide bonds. The van der Waals surface area contributed by atoms with Crippen molar-refractivity contribution in [2.75, 3.05) is 12.4 Å². The summed E-state index contributed by atoms with van der Waals surface area (Å²) in [7, 11) is 1.38. The molecule has 3 rings (SSSR count). The molecule has 0 atom stereocenters. The average Bonchev–Trinajstić information content (AvgIpc) is 3.11. The highest BCUT2D eigenvalue weighted by molar-refractivity contribution is 6.33. The van der Waals surface area contributed by atoms with Gasteiger partial charge in [-0.05, 0) is 40.8 Å². The standard InChI is InChI=1S/C17H13Cl2N5O3/c1-27-15-9-14(13(19)8-12(15)17(25)26)20-7-6-16-21-22-23-24(16)11-4-2-10(18)3-5-11/h2-9,20H,1H3,(H,25,26)/b7-6+. The molecule has 138 valence electrons. The van der Waals surface area contributed by atoms with E-state index in [1.165, 1.54) is 23.9 Å². The summed E-state index contributed by atoms with van der Waals surface area (Å²) in [5, 5.41) is 24.5. The fourth-order valence-corrected chi connectivity index (χ4v) is 2.61. The van der Waals surface area contributed by atoms with Crippen molar-refractivity contribution in [3.05, 3.63) is 64.0 Å². The molecule has 0 bridgehead atoms. The fraction of sp³-hybridized carbons (Fsp3) is 0.0588. The van der Waals surface area contributed by atoms with E-state index in [1.807, 2.05) is 0 Å². The van der Waals surface area contributed by atoms with Gasteiger partial charge in [-0.25, -0.2) is 4.79 Å². The van der Waals surface area contributed by atoms with Crippen molar-refractivity contribution in [1.29, 1.82) is 0 Å². The SMILES string of the molecule is COc1cc(N/C=C/c2nnnn2-c2ccc(Cl)cc2)c(Cl)cc1C(=O)O. The molecule has 8 nitrogen and oxygen atoms in total. The minimum Gasteiger partial charge on any atom is -0.496 e. The van der Waals surface area contributed by atoms with Crippen LogP contribution in [0.15, 0.2) is 42.6 Å². The Morgan fingerprint density at radius 3 is 2.67 bits per heavy atom. The number of aromatic nitrogens is 4. The number of carboxylic acids is 1. The van der Waals surface area contributed by atoms with Gasteiger partial charge < -0.3 is 15.2 Å². The van der Waals surface area contributed by atoms with Crippen LogP contribution in [0, 0.1) is 0 Å². The molecule has 0 saturated heterocycles. The molecule has 0 fully saturated rings. The normalized spacial score (nSPS) is 10.9. The number of rotatable bonds is 6. The molecule has 2 N–H and O–H groups in total. The molecule has 0 aliphatic rings. The van der Waals surface area contributed by atoms with Crippen molar-refractivity contribution < 1.29 is 14.6 Å². The molecule has 1 heterocycles. The molecule has 0 aliphatic carbocycles. The Bertz CT molecular complexity index is 1000. The minimum atomic E-state index is -1.13. The predicted molar refractivity (Wildman–Crippen MR) is 102 cm³/mol. The third-order valence-corrected chi connectivity index (χ3v) is 4.12. The molecular formula is C17H13Cl2N5O3. The Labute approximate surface area is 164 Å². The molecule has 3 aromatic rings. The molecule has 0 spiro atoms. The van der Waals surface area contributed by atoms with E-state index < -0.39 is 5.97 Å². The van der Waals surface area contributed by atoms with E-state index in [2.05, 4.69) is 20.8 Å². The number of hydrogen-bond donors (Lipinski definition) is 2. The first kappa shape index (κ1) is 18.7. The summed E-state index contributed by atoms with van der Waals surface area (Å²) in [6.07, 6.45) is 3.22. The minimum absolute atomic E-state index is 0.0243. The zero-order valence-corrected chi connectivity index (χ0v) is 15.4. The molecule has 0 aliphatic heterocycles. The van der Waals surface area contributed by atoms with Gasteiger partial charge in [0.15, 0.2) is 5.82 Å². The summed E-state index contributed by atoms with van der Waals surface area (Å²) in [5.74, 6) is -0.471. The van der Waals surface area contributed by atoms with Crippen molar-refractivity contribution in [3.63, 3.8) is 0 Å². The second kappa shape index (κ2) is 8.07. The smallest absolute Gasteiger partial charge is 0.339 e. The van der Waals surface area contributed by atoms with Crippen LogP contribution in [-0.2, 0) is 0 Å². The van der Waals surface area contributed by atoms with Gasteiger partial charge in [0.25, 0.3) is 0 Å². The van der Waals surface area contributed by atoms with E-state index in [9.17, 15) is 4.79 Å². The van der Waals surface area contributed by atoms with Gasteiger partial charge in [-0.3, -0.25) is 0 Å². The number of methoxy groups -OCH3 is 1. The first-order chi connectivity index (χ1) is 13.0. The summed E-state index contributed by atoms with van der Waals surface area (Å²) in [5.41, 5.74) is 1.19. The molecule has 2 aromatic carbocycles. The second-order valence-corrected chi connectivity index (χ2v) is 6.08. The van der Waals surface area contributed by atoms with Crippen LogP contribution in [0.1, 0.15) is 16.2 Å². The van der Waals surface area contributed by atoms with Crippen LogP contribution in [0.4, 0.5) is 5.69 Å². The maximum Gasteiger partial charge on any atom is 0.339 e. The van der Waals surface area contributed by atoms with Crippen LogP contribution < -0.4 is 10.1 Å². The Balaban J connectivity index is 1.82. The number of nitrogens with one attached hydrogen (secondary N) is 1. The lowest BCUT2D eigenvalue weighted by Gasteiger charge is -2.10. The molecule has 10 heteroatoms. The molecule has 1 aromatic heterocycles. The lowest BCUT2D eigenvalue weighted by Crippen LogP contribution is -2.02. The lowest BCUT2D eigenvalue weighted by molar-refractivity contribution is 0.0693. The molecular weight excluding hydrogens is 393 g/mol. The predicted octanol–water partition coefficient (Wildman–Crippen LogP) is 3.76. The van der Waals surface area contributed by atoms with E-state index in [4.69, 9.17) is 33.0 Å². The van der Waals surface area contributed by atoms with Gasteiger partial charge in [0.2, 0.25) is 0 Å². The van der Waals surface area contributed by atoms with Gasteiger partial charge in [0.05, 0.1) is 23.5 Å². The molecule has 27 heavy (non-hydrogen) atoms. The van der Waals surface area contributed by atoms with E-state index in [1.54, 1.807) is 36.5 Å². The zero-order valence-electron chi connectivity index (χ0n) is 13.9. The number of halogens is 2. The summed E-state index contributed by atoms with van der Waals surface area (Å²) < 4.78 is 6.62. The van der Waals surface area contributed by atoms with Crippen molar-refractivity contribution in [1.82, 2.24) is 20.2 Å². The summed E-state index contributed by atoms with van der Waals surface area (Å²) >= 11 is 12.0. The van der Waals surface area contributed by atoms with Crippen molar-refractivity contribution in [2.24, 2.45) is 0 Å². The van der Waals surface area contributed by atoms with Gasteiger partial charge in [-0.15, -0.1) is 5.10 Å². The average molecular weight is 406 g/mol. The highest BCUT2D eigenvalue weighted by atomic mass is 35.5. The van der Waals surface area contributed by atoms with Gasteiger partial charge in [-0.1, -0.05) is 23.2 Å². The number of nitrogens with zero attached hydrogens (tertiary/aromatic N) is 4. The summed E-state index contributed by atoms with van der Waals surface area (Å²) in [6, 6.07) is 9.86. The number of aromatic carboxylic acids is 1. The van der Waals surface area contributed by atoms with Crippen molar-refractivity contribution >= 4 is 40.9 Å². The number of ether oxygens (including phenoxy) is 1. The molecule has 0 saturated carbocycles. The van der Waals surface area contributed by atoms with E-state index in [-0.39, 0.29) is 16.3 Å². The number of benzene rings is 2. The van der Waals surface area contributed by atoms with Crippen LogP contribution in [-0.4, -0.2) is 38.4 Å². The van der Waals surface area contributed by atoms with Crippen molar-refractivity contribution in [3.8, 4) is 11.4 Å². The monoisotopic (exact) mass is 405 g/mol. The Morgan fingerprint density at radius 1 is 1.26 bits per heavy atom. The number of tetrazole rings is 1. The van der Waals surface area contributed by atoms with E-state index in [0.717, 1.165) is 5.69 Å². The Kier molecular flexibility index (Phi) is 5.58. The maximum absolute atomic E-state index is 11.2. The Morgan fingerprint density at radius 2 is 2.00 bits per heavy atom. The summed E-state index contributed by atoms with van der Waals surface area (Å²) in [4.78, 5) is 11.2. The quantitative estimate of drug-likeness (QED) is 0.643. The van der Waals surface area contributed by atoms with Crippen molar-refractivity contribution in [2.45, 2.75) is 0 Å². The number of hydrogen-bond acceptors (Lipinski definition) is 6. The van der Waals surface area contributed by atoms with Gasteiger partial charge >= 0.3 is 5.97 Å². The first-order valence-corrected chi connectivity index (χ1v) is 8.33. The maximum atomic E-state index is 11.2. The largest absolute Gasteiger partial charge is 0.496 e. The zero-order chi connectivity index (χ0) is 19.4. The van der Waals surface area contributed by atoms with Gasteiger partial charge in [-0.2, -0.15) is 4.68 Å². The fourth-order valence-electron chi connectivity index (χ4n) is 2.27. The molecule has 0 radical (unpaired) electrons. The summed E-state index contributed by atoms with van der Waals surface area (Å²) in [6.45, 7) is 0. The van der Waals surface area contributed by atoms with E-state index in [0.29, 0.717) is 16.5 Å². The third kappa shape index (κ3) is 4.18. The number of anilines is 1. The highest BCUT2D eigenvalue weighted by Crippen LogP contribution is 2.31. The number of carbonyl (C=O) groups is 1.